The second kappa shape index (κ2) is 6.85. The Balaban J connectivity index is 2.20. The van der Waals surface area contributed by atoms with E-state index < -0.39 is 0 Å². The zero-order chi connectivity index (χ0) is 11.8. The van der Waals surface area contributed by atoms with Crippen LogP contribution < -0.4 is 0 Å². The lowest BCUT2D eigenvalue weighted by atomic mass is 10.1. The number of hydrogen-bond acceptors (Lipinski definition) is 4. The quantitative estimate of drug-likeness (QED) is 0.714. The summed E-state index contributed by atoms with van der Waals surface area (Å²) in [4.78, 5) is 11.1. The first-order valence-corrected chi connectivity index (χ1v) is 5.27. The minimum Gasteiger partial charge on any atom is -0.508 e. The van der Waals surface area contributed by atoms with Gasteiger partial charge in [0.05, 0.1) is 6.61 Å². The van der Waals surface area contributed by atoms with Gasteiger partial charge in [-0.05, 0) is 30.5 Å². The molecule has 16 heavy (non-hydrogen) atoms. The normalized spacial score (nSPS) is 10.1. The van der Waals surface area contributed by atoms with Crippen LogP contribution in [0.1, 0.15) is 18.4 Å². The molecule has 0 aromatic heterocycles. The molecule has 4 heteroatoms. The molecule has 0 atom stereocenters. The van der Waals surface area contributed by atoms with E-state index in [0.29, 0.717) is 12.8 Å². The van der Waals surface area contributed by atoms with Gasteiger partial charge in [-0.25, -0.2) is 0 Å². The van der Waals surface area contributed by atoms with E-state index in [2.05, 4.69) is 0 Å². The van der Waals surface area contributed by atoms with E-state index in [1.807, 2.05) is 12.1 Å². The van der Waals surface area contributed by atoms with Crippen molar-refractivity contribution in [1.82, 2.24) is 0 Å². The molecule has 0 aliphatic carbocycles. The van der Waals surface area contributed by atoms with Gasteiger partial charge in [-0.15, -0.1) is 0 Å². The zero-order valence-electron chi connectivity index (χ0n) is 9.06. The highest BCUT2D eigenvalue weighted by Gasteiger charge is 2.02. The van der Waals surface area contributed by atoms with Gasteiger partial charge in [0.2, 0.25) is 0 Å². The summed E-state index contributed by atoms with van der Waals surface area (Å²) in [5.74, 6) is -0.0427. The van der Waals surface area contributed by atoms with Gasteiger partial charge in [0.1, 0.15) is 12.4 Å². The number of esters is 1. The highest BCUT2D eigenvalue weighted by Crippen LogP contribution is 2.11. The van der Waals surface area contributed by atoms with E-state index in [-0.39, 0.29) is 24.9 Å². The molecule has 0 bridgehead atoms. The number of aliphatic hydroxyl groups is 1. The second-order valence-corrected chi connectivity index (χ2v) is 3.46. The van der Waals surface area contributed by atoms with Gasteiger partial charge < -0.3 is 14.9 Å². The van der Waals surface area contributed by atoms with E-state index in [9.17, 15) is 4.79 Å². The van der Waals surface area contributed by atoms with Crippen LogP contribution in [0.5, 0.6) is 5.75 Å². The van der Waals surface area contributed by atoms with Crippen LogP contribution >= 0.6 is 0 Å². The van der Waals surface area contributed by atoms with Crippen LogP contribution in [0.2, 0.25) is 0 Å². The van der Waals surface area contributed by atoms with Crippen LogP contribution in [0.15, 0.2) is 24.3 Å². The first-order chi connectivity index (χ1) is 7.72. The number of aryl methyl sites for hydroxylation is 1. The maximum Gasteiger partial charge on any atom is 0.305 e. The third kappa shape index (κ3) is 4.79. The standard InChI is InChI=1S/C12H16O4/c13-8-9-16-12(15)3-1-2-10-4-6-11(14)7-5-10/h4-7,13-14H,1-3,8-9H2. The van der Waals surface area contributed by atoms with Gasteiger partial charge >= 0.3 is 5.97 Å². The highest BCUT2D eigenvalue weighted by molar-refractivity contribution is 5.69. The molecule has 0 heterocycles. The summed E-state index contributed by atoms with van der Waals surface area (Å²) < 4.78 is 4.72. The van der Waals surface area contributed by atoms with E-state index in [1.54, 1.807) is 12.1 Å². The molecule has 88 valence electrons. The molecule has 0 aliphatic heterocycles. The monoisotopic (exact) mass is 224 g/mol. The molecule has 1 aromatic carbocycles. The van der Waals surface area contributed by atoms with Crippen molar-refractivity contribution in [1.29, 1.82) is 0 Å². The Morgan fingerprint density at radius 2 is 1.94 bits per heavy atom. The molecule has 0 unspecified atom stereocenters. The average Bonchev–Trinajstić information content (AvgIpc) is 2.29. The van der Waals surface area contributed by atoms with Crippen molar-refractivity contribution in [2.75, 3.05) is 13.2 Å². The summed E-state index contributed by atoms with van der Waals surface area (Å²) in [7, 11) is 0. The predicted molar refractivity (Wildman–Crippen MR) is 59.1 cm³/mol. The smallest absolute Gasteiger partial charge is 0.305 e. The molecule has 0 amide bonds. The molecule has 0 saturated heterocycles. The van der Waals surface area contributed by atoms with Gasteiger partial charge in [0.15, 0.2) is 0 Å². The van der Waals surface area contributed by atoms with Gasteiger partial charge in [0, 0.05) is 6.42 Å². The second-order valence-electron chi connectivity index (χ2n) is 3.46. The molecule has 0 saturated carbocycles. The number of carbonyl (C=O) groups excluding carboxylic acids is 1. The fourth-order valence-corrected chi connectivity index (χ4v) is 1.33. The van der Waals surface area contributed by atoms with Crippen LogP contribution in [0.3, 0.4) is 0 Å². The number of aliphatic hydroxyl groups excluding tert-OH is 1. The van der Waals surface area contributed by atoms with Crippen molar-refractivity contribution < 1.29 is 19.7 Å². The topological polar surface area (TPSA) is 66.8 Å². The Bertz CT molecular complexity index is 318. The Morgan fingerprint density at radius 3 is 2.56 bits per heavy atom. The molecule has 1 aromatic rings. The number of phenols is 1. The van der Waals surface area contributed by atoms with E-state index in [0.717, 1.165) is 12.0 Å². The van der Waals surface area contributed by atoms with Crippen LogP contribution in [-0.4, -0.2) is 29.4 Å². The molecular formula is C12H16O4. The molecule has 0 fully saturated rings. The maximum atomic E-state index is 11.1. The van der Waals surface area contributed by atoms with Crippen molar-refractivity contribution in [3.63, 3.8) is 0 Å². The fourth-order valence-electron chi connectivity index (χ4n) is 1.33. The summed E-state index contributed by atoms with van der Waals surface area (Å²) in [6.07, 6.45) is 1.82. The molecule has 0 spiro atoms. The largest absolute Gasteiger partial charge is 0.508 e. The minimum atomic E-state index is -0.284. The molecule has 0 radical (unpaired) electrons. The Labute approximate surface area is 94.5 Å². The highest BCUT2D eigenvalue weighted by atomic mass is 16.5. The number of carbonyl (C=O) groups is 1. The molecule has 4 nitrogen and oxygen atoms in total. The van der Waals surface area contributed by atoms with E-state index in [1.165, 1.54) is 0 Å². The van der Waals surface area contributed by atoms with Crippen molar-refractivity contribution >= 4 is 5.97 Å². The lowest BCUT2D eigenvalue weighted by Gasteiger charge is -2.03. The van der Waals surface area contributed by atoms with Gasteiger partial charge in [-0.3, -0.25) is 4.79 Å². The zero-order valence-corrected chi connectivity index (χ0v) is 9.06. The number of phenolic OH excluding ortho intramolecular Hbond substituents is 1. The van der Waals surface area contributed by atoms with E-state index >= 15 is 0 Å². The lowest BCUT2D eigenvalue weighted by Crippen LogP contribution is -2.08. The van der Waals surface area contributed by atoms with Gasteiger partial charge in [-0.1, -0.05) is 12.1 Å². The molecular weight excluding hydrogens is 208 g/mol. The van der Waals surface area contributed by atoms with Crippen LogP contribution in [0.25, 0.3) is 0 Å². The summed E-state index contributed by atoms with van der Waals surface area (Å²) in [5.41, 5.74) is 1.08. The number of benzene rings is 1. The number of rotatable bonds is 6. The molecule has 2 N–H and O–H groups in total. The van der Waals surface area contributed by atoms with Crippen LogP contribution in [0, 0.1) is 0 Å². The third-order valence-electron chi connectivity index (χ3n) is 2.14. The fraction of sp³-hybridized carbons (Fsp3) is 0.417. The molecule has 0 aliphatic rings. The van der Waals surface area contributed by atoms with Crippen LogP contribution in [0.4, 0.5) is 0 Å². The third-order valence-corrected chi connectivity index (χ3v) is 2.14. The Morgan fingerprint density at radius 1 is 1.25 bits per heavy atom. The first kappa shape index (κ1) is 12.5. The number of ether oxygens (including phenoxy) is 1. The number of aromatic hydroxyl groups is 1. The Hall–Kier alpha value is -1.55. The number of hydrogen-bond donors (Lipinski definition) is 2. The van der Waals surface area contributed by atoms with E-state index in [4.69, 9.17) is 14.9 Å². The van der Waals surface area contributed by atoms with Gasteiger partial charge in [-0.2, -0.15) is 0 Å². The van der Waals surface area contributed by atoms with Gasteiger partial charge in [0.25, 0.3) is 0 Å². The summed E-state index contributed by atoms with van der Waals surface area (Å²) in [5, 5.41) is 17.5. The van der Waals surface area contributed by atoms with Crippen molar-refractivity contribution in [3.05, 3.63) is 29.8 Å². The summed E-state index contributed by atoms with van der Waals surface area (Å²) >= 11 is 0. The SMILES string of the molecule is O=C(CCCc1ccc(O)cc1)OCCO. The summed E-state index contributed by atoms with van der Waals surface area (Å²) in [6.45, 7) is -0.0677. The summed E-state index contributed by atoms with van der Waals surface area (Å²) in [6, 6.07) is 6.90. The lowest BCUT2D eigenvalue weighted by molar-refractivity contribution is -0.144. The Kier molecular flexibility index (Phi) is 5.36. The molecule has 1 rings (SSSR count). The first-order valence-electron chi connectivity index (χ1n) is 5.27. The van der Waals surface area contributed by atoms with Crippen molar-refractivity contribution in [2.45, 2.75) is 19.3 Å². The van der Waals surface area contributed by atoms with Crippen molar-refractivity contribution in [3.8, 4) is 5.75 Å². The average molecular weight is 224 g/mol. The maximum absolute atomic E-state index is 11.1. The van der Waals surface area contributed by atoms with Crippen LogP contribution in [-0.2, 0) is 16.0 Å². The predicted octanol–water partition coefficient (Wildman–Crippen LogP) is 1.25. The van der Waals surface area contributed by atoms with Crippen molar-refractivity contribution in [2.24, 2.45) is 0 Å². The minimum absolute atomic E-state index is 0.0675.